The van der Waals surface area contributed by atoms with Gasteiger partial charge in [-0.3, -0.25) is 19.8 Å². The lowest BCUT2D eigenvalue weighted by molar-refractivity contribution is -0.385. The third kappa shape index (κ3) is 4.93. The van der Waals surface area contributed by atoms with Gasteiger partial charge in [-0.15, -0.1) is 0 Å². The maximum absolute atomic E-state index is 10.5. The van der Waals surface area contributed by atoms with Crippen molar-refractivity contribution in [2.24, 2.45) is 0 Å². The van der Waals surface area contributed by atoms with Crippen LogP contribution in [-0.2, 0) is 13.0 Å². The van der Waals surface area contributed by atoms with E-state index in [4.69, 9.17) is 0 Å². The normalized spacial score (nSPS) is 12.2. The Labute approximate surface area is 121 Å². The minimum absolute atomic E-state index is 0.0784. The van der Waals surface area contributed by atoms with Gasteiger partial charge in [0.15, 0.2) is 0 Å². The smallest absolute Gasteiger partial charge is 0.306 e. The molecule has 2 N–H and O–H groups in total. The molecule has 2 heterocycles. The van der Waals surface area contributed by atoms with Crippen LogP contribution in [0.5, 0.6) is 0 Å². The Morgan fingerprint density at radius 1 is 1.48 bits per heavy atom. The van der Waals surface area contributed by atoms with E-state index in [2.05, 4.69) is 15.4 Å². The van der Waals surface area contributed by atoms with Crippen LogP contribution in [0.1, 0.15) is 5.69 Å². The third-order valence-corrected chi connectivity index (χ3v) is 2.89. The van der Waals surface area contributed by atoms with Gasteiger partial charge in [0.1, 0.15) is 12.4 Å². The zero-order valence-corrected chi connectivity index (χ0v) is 11.4. The van der Waals surface area contributed by atoms with Gasteiger partial charge in [0.05, 0.1) is 17.6 Å². The summed E-state index contributed by atoms with van der Waals surface area (Å²) in [6.45, 7) is 1.30. The molecule has 2 rings (SSSR count). The standard InChI is InChI=1S/C13H17N5O3/c19-13(10-17-9-12(7-16-17)18(20)21)8-14-6-4-11-3-1-2-5-15-11/h1-3,5,7,9,13-14,19H,4,6,8,10H2. The van der Waals surface area contributed by atoms with E-state index in [9.17, 15) is 15.2 Å². The fraction of sp³-hybridized carbons (Fsp3) is 0.385. The van der Waals surface area contributed by atoms with Crippen LogP contribution in [-0.4, -0.2) is 44.0 Å². The zero-order valence-electron chi connectivity index (χ0n) is 11.4. The van der Waals surface area contributed by atoms with E-state index in [1.807, 2.05) is 18.2 Å². The largest absolute Gasteiger partial charge is 0.390 e. The Hall–Kier alpha value is -2.32. The molecule has 0 saturated carbocycles. The molecule has 2 aromatic rings. The molecule has 0 aliphatic carbocycles. The second-order valence-corrected chi connectivity index (χ2v) is 4.61. The second-order valence-electron chi connectivity index (χ2n) is 4.61. The molecule has 112 valence electrons. The summed E-state index contributed by atoms with van der Waals surface area (Å²) in [5.74, 6) is 0. The number of hydrogen-bond donors (Lipinski definition) is 2. The van der Waals surface area contributed by atoms with E-state index < -0.39 is 11.0 Å². The Bertz CT molecular complexity index is 572. The minimum atomic E-state index is -0.659. The maximum Gasteiger partial charge on any atom is 0.306 e. The van der Waals surface area contributed by atoms with E-state index in [0.717, 1.165) is 12.1 Å². The molecule has 0 amide bonds. The maximum atomic E-state index is 10.5. The van der Waals surface area contributed by atoms with Gasteiger partial charge in [0, 0.05) is 31.4 Å². The summed E-state index contributed by atoms with van der Waals surface area (Å²) in [5, 5.41) is 27.3. The molecule has 1 unspecified atom stereocenters. The van der Waals surface area contributed by atoms with Gasteiger partial charge in [-0.05, 0) is 12.1 Å². The number of nitrogens with one attached hydrogen (secondary N) is 1. The van der Waals surface area contributed by atoms with Crippen LogP contribution in [0.15, 0.2) is 36.8 Å². The molecule has 0 radical (unpaired) electrons. The van der Waals surface area contributed by atoms with Gasteiger partial charge in [-0.2, -0.15) is 5.10 Å². The van der Waals surface area contributed by atoms with Crippen LogP contribution >= 0.6 is 0 Å². The molecule has 1 atom stereocenters. The zero-order chi connectivity index (χ0) is 15.1. The highest BCUT2D eigenvalue weighted by Crippen LogP contribution is 2.07. The van der Waals surface area contributed by atoms with Gasteiger partial charge in [-0.25, -0.2) is 0 Å². The summed E-state index contributed by atoms with van der Waals surface area (Å²) >= 11 is 0. The molecule has 2 aromatic heterocycles. The van der Waals surface area contributed by atoms with Crippen molar-refractivity contribution in [3.63, 3.8) is 0 Å². The highest BCUT2D eigenvalue weighted by molar-refractivity contribution is 5.20. The topological polar surface area (TPSA) is 106 Å². The molecular weight excluding hydrogens is 274 g/mol. The average Bonchev–Trinajstić information content (AvgIpc) is 2.93. The Morgan fingerprint density at radius 2 is 2.33 bits per heavy atom. The minimum Gasteiger partial charge on any atom is -0.390 e. The number of nitrogens with zero attached hydrogens (tertiary/aromatic N) is 4. The first-order valence-corrected chi connectivity index (χ1v) is 6.60. The molecule has 8 heteroatoms. The summed E-state index contributed by atoms with van der Waals surface area (Å²) in [5.41, 5.74) is 0.910. The van der Waals surface area contributed by atoms with Crippen molar-refractivity contribution in [3.05, 3.63) is 52.6 Å². The monoisotopic (exact) mass is 291 g/mol. The number of aromatic nitrogens is 3. The highest BCUT2D eigenvalue weighted by Gasteiger charge is 2.11. The summed E-state index contributed by atoms with van der Waals surface area (Å²) < 4.78 is 1.36. The van der Waals surface area contributed by atoms with Crippen molar-refractivity contribution in [3.8, 4) is 0 Å². The van der Waals surface area contributed by atoms with Crippen LogP contribution in [0.25, 0.3) is 0 Å². The van der Waals surface area contributed by atoms with E-state index in [1.165, 1.54) is 17.1 Å². The van der Waals surface area contributed by atoms with Gasteiger partial charge in [-0.1, -0.05) is 6.07 Å². The molecule has 0 aliphatic rings. The molecule has 0 bridgehead atoms. The summed E-state index contributed by atoms with van der Waals surface area (Å²) in [6.07, 6.45) is 4.33. The van der Waals surface area contributed by atoms with Gasteiger partial charge in [0.25, 0.3) is 0 Å². The SMILES string of the molecule is O=[N+]([O-])c1cnn(CC(O)CNCCc2ccccn2)c1. The fourth-order valence-electron chi connectivity index (χ4n) is 1.86. The first kappa shape index (κ1) is 15.1. The van der Waals surface area contributed by atoms with Crippen LogP contribution in [0, 0.1) is 10.1 Å². The fourth-order valence-corrected chi connectivity index (χ4v) is 1.86. The van der Waals surface area contributed by atoms with E-state index >= 15 is 0 Å². The lowest BCUT2D eigenvalue weighted by atomic mass is 10.2. The second kappa shape index (κ2) is 7.46. The summed E-state index contributed by atoms with van der Waals surface area (Å²) in [7, 11) is 0. The lowest BCUT2D eigenvalue weighted by Gasteiger charge is -2.11. The van der Waals surface area contributed by atoms with Gasteiger partial charge < -0.3 is 10.4 Å². The van der Waals surface area contributed by atoms with Crippen molar-refractivity contribution < 1.29 is 10.0 Å². The van der Waals surface area contributed by atoms with Crippen molar-refractivity contribution in [1.29, 1.82) is 0 Å². The van der Waals surface area contributed by atoms with Crippen LogP contribution in [0.4, 0.5) is 5.69 Å². The number of pyridine rings is 1. The van der Waals surface area contributed by atoms with Crippen molar-refractivity contribution >= 4 is 5.69 Å². The first-order chi connectivity index (χ1) is 10.1. The molecule has 21 heavy (non-hydrogen) atoms. The predicted octanol–water partition coefficient (Wildman–Crippen LogP) is 0.379. The highest BCUT2D eigenvalue weighted by atomic mass is 16.6. The molecule has 0 fully saturated rings. The lowest BCUT2D eigenvalue weighted by Crippen LogP contribution is -2.31. The van der Waals surface area contributed by atoms with E-state index in [-0.39, 0.29) is 12.2 Å². The van der Waals surface area contributed by atoms with Gasteiger partial charge >= 0.3 is 5.69 Å². The quantitative estimate of drug-likeness (QED) is 0.414. The molecular formula is C13H17N5O3. The Balaban J connectivity index is 1.67. The predicted molar refractivity (Wildman–Crippen MR) is 75.7 cm³/mol. The van der Waals surface area contributed by atoms with Crippen molar-refractivity contribution in [2.75, 3.05) is 13.1 Å². The third-order valence-electron chi connectivity index (χ3n) is 2.89. The first-order valence-electron chi connectivity index (χ1n) is 6.60. The number of nitro groups is 1. The molecule has 0 spiro atoms. The number of rotatable bonds is 8. The van der Waals surface area contributed by atoms with E-state index in [1.54, 1.807) is 6.20 Å². The molecule has 0 saturated heterocycles. The Morgan fingerprint density at radius 3 is 3.00 bits per heavy atom. The van der Waals surface area contributed by atoms with Crippen molar-refractivity contribution in [1.82, 2.24) is 20.1 Å². The summed E-state index contributed by atoms with van der Waals surface area (Å²) in [4.78, 5) is 14.2. The van der Waals surface area contributed by atoms with Gasteiger partial charge in [0.2, 0.25) is 0 Å². The number of hydrogen-bond acceptors (Lipinski definition) is 6. The molecule has 8 nitrogen and oxygen atoms in total. The Kier molecular flexibility index (Phi) is 5.35. The average molecular weight is 291 g/mol. The van der Waals surface area contributed by atoms with Crippen LogP contribution < -0.4 is 5.32 Å². The number of aliphatic hydroxyl groups is 1. The van der Waals surface area contributed by atoms with Crippen LogP contribution in [0.2, 0.25) is 0 Å². The molecule has 0 aliphatic heterocycles. The van der Waals surface area contributed by atoms with Crippen molar-refractivity contribution in [2.45, 2.75) is 19.1 Å². The van der Waals surface area contributed by atoms with Crippen LogP contribution in [0.3, 0.4) is 0 Å². The van der Waals surface area contributed by atoms with E-state index in [0.29, 0.717) is 13.1 Å². The molecule has 0 aromatic carbocycles. The number of aliphatic hydroxyl groups excluding tert-OH is 1. The summed E-state index contributed by atoms with van der Waals surface area (Å²) in [6, 6.07) is 5.74.